The van der Waals surface area contributed by atoms with E-state index in [4.69, 9.17) is 5.73 Å². The summed E-state index contributed by atoms with van der Waals surface area (Å²) in [6.07, 6.45) is 1.34. The van der Waals surface area contributed by atoms with Gasteiger partial charge < -0.3 is 15.9 Å². The third-order valence-corrected chi connectivity index (χ3v) is 3.52. The number of halogens is 2. The topological polar surface area (TPSA) is 110 Å². The molecular weight excluding hydrogens is 351 g/mol. The van der Waals surface area contributed by atoms with E-state index in [2.05, 4.69) is 15.9 Å². The normalized spacial score (nSPS) is 13.4. The van der Waals surface area contributed by atoms with Gasteiger partial charge in [-0.25, -0.2) is 0 Å². The number of non-ortho nitro benzene ring substituents is 1. The molecule has 0 unspecified atom stereocenters. The molecule has 1 aromatic rings. The van der Waals surface area contributed by atoms with Gasteiger partial charge >= 0.3 is 0 Å². The molecule has 6 nitrogen and oxygen atoms in total. The molecule has 114 valence electrons. The lowest BCUT2D eigenvalue weighted by Gasteiger charge is -2.20. The number of hydrogen-bond acceptors (Lipinski definition) is 5. The fourth-order valence-electron chi connectivity index (χ4n) is 1.77. The van der Waals surface area contributed by atoms with Gasteiger partial charge in [0, 0.05) is 17.7 Å². The van der Waals surface area contributed by atoms with Crippen molar-refractivity contribution in [3.05, 3.63) is 32.3 Å². The largest absolute Gasteiger partial charge is 0.506 e. The zero-order chi connectivity index (χ0) is 14.6. The Balaban J connectivity index is 0.00000361. The van der Waals surface area contributed by atoms with Crippen LogP contribution in [0.3, 0.4) is 0 Å². The van der Waals surface area contributed by atoms with Gasteiger partial charge in [-0.15, -0.1) is 12.4 Å². The molecule has 0 aliphatic heterocycles. The summed E-state index contributed by atoms with van der Waals surface area (Å²) < 4.78 is 0.190. The van der Waals surface area contributed by atoms with E-state index in [1.54, 1.807) is 0 Å². The number of phenolic OH excluding ortho intramolecular Hbond substituents is 1. The van der Waals surface area contributed by atoms with Gasteiger partial charge in [0.25, 0.3) is 5.69 Å². The summed E-state index contributed by atoms with van der Waals surface area (Å²) in [4.78, 5) is 10.2. The number of unbranched alkanes of at least 4 members (excludes halogenated alkanes) is 1. The number of aliphatic hydroxyl groups is 1. The lowest BCUT2D eigenvalue weighted by atomic mass is 9.97. The van der Waals surface area contributed by atoms with E-state index in [1.807, 2.05) is 6.92 Å². The summed E-state index contributed by atoms with van der Waals surface area (Å²) in [6.45, 7) is 1.99. The van der Waals surface area contributed by atoms with Crippen LogP contribution in [-0.4, -0.2) is 21.2 Å². The average molecular weight is 370 g/mol. The number of aliphatic hydroxyl groups excluding tert-OH is 1. The van der Waals surface area contributed by atoms with Crippen LogP contribution >= 0.6 is 28.3 Å². The summed E-state index contributed by atoms with van der Waals surface area (Å²) >= 11 is 3.04. The Hall–Kier alpha value is -0.890. The van der Waals surface area contributed by atoms with Crippen LogP contribution in [0.2, 0.25) is 0 Å². The zero-order valence-electron chi connectivity index (χ0n) is 11.0. The molecule has 0 aromatic heterocycles. The lowest BCUT2D eigenvalue weighted by molar-refractivity contribution is -0.385. The maximum atomic E-state index is 10.8. The Morgan fingerprint density at radius 2 is 2.10 bits per heavy atom. The summed E-state index contributed by atoms with van der Waals surface area (Å²) in [7, 11) is 0. The van der Waals surface area contributed by atoms with Gasteiger partial charge in [-0.3, -0.25) is 10.1 Å². The molecule has 1 rings (SSSR count). The van der Waals surface area contributed by atoms with Crippen molar-refractivity contribution in [2.45, 2.75) is 38.3 Å². The molecule has 1 aromatic carbocycles. The molecule has 0 fully saturated rings. The first-order valence-corrected chi connectivity index (χ1v) is 6.78. The van der Waals surface area contributed by atoms with Crippen LogP contribution in [0.1, 0.15) is 37.8 Å². The minimum Gasteiger partial charge on any atom is -0.506 e. The van der Waals surface area contributed by atoms with E-state index in [0.29, 0.717) is 6.42 Å². The smallest absolute Gasteiger partial charge is 0.271 e. The standard InChI is InChI=1S/C12H17BrN2O4.ClH/c1-2-3-4-10(16)11(14)8-5-7(15(18)19)6-9(13)12(8)17;/h5-6,10-11,16-17H,2-4,14H2,1H3;1H/t10-,11+;/m1./s1. The highest BCUT2D eigenvalue weighted by Crippen LogP contribution is 2.36. The zero-order valence-corrected chi connectivity index (χ0v) is 13.4. The van der Waals surface area contributed by atoms with Crippen LogP contribution in [0, 0.1) is 10.1 Å². The number of phenols is 1. The summed E-state index contributed by atoms with van der Waals surface area (Å²) in [5, 5.41) is 30.6. The molecule has 2 atom stereocenters. The van der Waals surface area contributed by atoms with Crippen LogP contribution in [0.4, 0.5) is 5.69 Å². The molecule has 0 radical (unpaired) electrons. The first-order chi connectivity index (χ1) is 8.88. The Bertz CT molecular complexity index is 473. The molecular formula is C12H18BrClN2O4. The highest BCUT2D eigenvalue weighted by Gasteiger charge is 2.24. The van der Waals surface area contributed by atoms with Crippen molar-refractivity contribution < 1.29 is 15.1 Å². The summed E-state index contributed by atoms with van der Waals surface area (Å²) in [5.41, 5.74) is 5.85. The van der Waals surface area contributed by atoms with Gasteiger partial charge in [0.05, 0.1) is 21.5 Å². The molecule has 0 aliphatic carbocycles. The van der Waals surface area contributed by atoms with Crippen molar-refractivity contribution >= 4 is 34.0 Å². The highest BCUT2D eigenvalue weighted by molar-refractivity contribution is 9.10. The van der Waals surface area contributed by atoms with Crippen molar-refractivity contribution in [3.63, 3.8) is 0 Å². The third kappa shape index (κ3) is 4.59. The van der Waals surface area contributed by atoms with E-state index in [0.717, 1.165) is 12.8 Å². The van der Waals surface area contributed by atoms with Crippen LogP contribution in [-0.2, 0) is 0 Å². The van der Waals surface area contributed by atoms with Crippen molar-refractivity contribution in [1.82, 2.24) is 0 Å². The first-order valence-electron chi connectivity index (χ1n) is 5.98. The predicted molar refractivity (Wildman–Crippen MR) is 82.2 cm³/mol. The molecule has 0 saturated carbocycles. The Morgan fingerprint density at radius 3 is 2.60 bits per heavy atom. The Labute approximate surface area is 131 Å². The minimum atomic E-state index is -0.859. The molecule has 0 spiro atoms. The van der Waals surface area contributed by atoms with Gasteiger partial charge in [0.15, 0.2) is 0 Å². The maximum absolute atomic E-state index is 10.8. The van der Waals surface area contributed by atoms with E-state index in [9.17, 15) is 20.3 Å². The number of benzene rings is 1. The van der Waals surface area contributed by atoms with Crippen LogP contribution < -0.4 is 5.73 Å². The molecule has 8 heteroatoms. The van der Waals surface area contributed by atoms with Gasteiger partial charge in [-0.05, 0) is 22.4 Å². The molecule has 0 bridgehead atoms. The molecule has 0 heterocycles. The van der Waals surface area contributed by atoms with E-state index < -0.39 is 17.1 Å². The van der Waals surface area contributed by atoms with E-state index in [-0.39, 0.29) is 33.9 Å². The molecule has 20 heavy (non-hydrogen) atoms. The van der Waals surface area contributed by atoms with Gasteiger partial charge in [-0.2, -0.15) is 0 Å². The van der Waals surface area contributed by atoms with E-state index >= 15 is 0 Å². The van der Waals surface area contributed by atoms with Crippen molar-refractivity contribution in [2.24, 2.45) is 5.73 Å². The molecule has 0 aliphatic rings. The number of nitro groups is 1. The molecule has 0 saturated heterocycles. The SMILES string of the molecule is CCCC[C@@H](O)[C@@H](N)c1cc([N+](=O)[O-])cc(Br)c1O.Cl. The number of nitrogens with zero attached hydrogens (tertiary/aromatic N) is 1. The molecule has 0 amide bonds. The van der Waals surface area contributed by atoms with Crippen LogP contribution in [0.25, 0.3) is 0 Å². The second kappa shape index (κ2) is 8.41. The number of nitrogens with two attached hydrogens (primary N) is 1. The quantitative estimate of drug-likeness (QED) is 0.527. The predicted octanol–water partition coefficient (Wildman–Crippen LogP) is 3.04. The molecule has 4 N–H and O–H groups in total. The van der Waals surface area contributed by atoms with Gasteiger partial charge in [0.2, 0.25) is 0 Å². The fourth-order valence-corrected chi connectivity index (χ4v) is 2.23. The fraction of sp³-hybridized carbons (Fsp3) is 0.500. The number of hydrogen-bond donors (Lipinski definition) is 3. The number of aromatic hydroxyl groups is 1. The Kier molecular flexibility index (Phi) is 8.03. The Morgan fingerprint density at radius 1 is 1.50 bits per heavy atom. The number of rotatable bonds is 6. The van der Waals surface area contributed by atoms with Gasteiger partial charge in [-0.1, -0.05) is 19.8 Å². The van der Waals surface area contributed by atoms with E-state index in [1.165, 1.54) is 12.1 Å². The monoisotopic (exact) mass is 368 g/mol. The summed E-state index contributed by atoms with van der Waals surface area (Å²) in [6, 6.07) is 1.53. The van der Waals surface area contributed by atoms with Crippen LogP contribution in [0.5, 0.6) is 5.75 Å². The van der Waals surface area contributed by atoms with Crippen molar-refractivity contribution in [1.29, 1.82) is 0 Å². The number of nitro benzene ring substituents is 1. The van der Waals surface area contributed by atoms with Gasteiger partial charge in [0.1, 0.15) is 5.75 Å². The highest BCUT2D eigenvalue weighted by atomic mass is 79.9. The van der Waals surface area contributed by atoms with Crippen molar-refractivity contribution in [3.8, 4) is 5.75 Å². The van der Waals surface area contributed by atoms with Crippen LogP contribution in [0.15, 0.2) is 16.6 Å². The first kappa shape index (κ1) is 19.1. The third-order valence-electron chi connectivity index (χ3n) is 2.92. The second-order valence-electron chi connectivity index (χ2n) is 4.36. The van der Waals surface area contributed by atoms with Crippen molar-refractivity contribution in [2.75, 3.05) is 0 Å². The lowest BCUT2D eigenvalue weighted by Crippen LogP contribution is -2.26. The summed E-state index contributed by atoms with van der Waals surface area (Å²) in [5.74, 6) is -0.173. The average Bonchev–Trinajstić information content (AvgIpc) is 2.37. The second-order valence-corrected chi connectivity index (χ2v) is 5.21. The maximum Gasteiger partial charge on any atom is 0.271 e. The minimum absolute atomic E-state index is 0.